The highest BCUT2D eigenvalue weighted by Gasteiger charge is 2.65. The lowest BCUT2D eigenvalue weighted by Gasteiger charge is -2.54. The Morgan fingerprint density at radius 3 is 2.13 bits per heavy atom. The number of Topliss-reactive ketones (excluding diaryl/α,β-unsaturated/α-hetero) is 4. The molecule has 1 unspecified atom stereocenters. The molecule has 2 bridgehead atoms. The Kier molecular flexibility index (Phi) is 30.6. The van der Waals surface area contributed by atoms with Crippen molar-refractivity contribution in [3.63, 3.8) is 0 Å². The molecule has 4 aliphatic heterocycles. The molecule has 0 aromatic rings. The predicted molar refractivity (Wildman–Crippen MR) is 404 cm³/mol. The summed E-state index contributed by atoms with van der Waals surface area (Å²) in [6.07, 6.45) is 16.7. The first kappa shape index (κ1) is 86.8. The highest BCUT2D eigenvalue weighted by atomic mass is 16.6. The van der Waals surface area contributed by atoms with Gasteiger partial charge in [-0.3, -0.25) is 38.4 Å². The van der Waals surface area contributed by atoms with Crippen molar-refractivity contribution in [3.05, 3.63) is 119 Å². The average Bonchev–Trinajstić information content (AvgIpc) is 1.66. The number of carbonyl (C=O) groups excluding carboxylic acids is 10. The number of ether oxygens (including phenoxy) is 9. The van der Waals surface area contributed by atoms with Crippen LogP contribution in [0.2, 0.25) is 0 Å². The van der Waals surface area contributed by atoms with E-state index in [0.717, 1.165) is 10.5 Å². The number of hydrogen-bond acceptors (Lipinski definition) is 23. The Hall–Kier alpha value is -7.74. The van der Waals surface area contributed by atoms with E-state index in [0.29, 0.717) is 101 Å². The Morgan fingerprint density at radius 2 is 1.49 bits per heavy atom. The summed E-state index contributed by atoms with van der Waals surface area (Å²) < 4.78 is 54.1. The number of unbranched alkanes of at least 4 members (excludes halogenated alkanes) is 1. The van der Waals surface area contributed by atoms with Gasteiger partial charge in [-0.15, -0.1) is 13.2 Å². The molecule has 24 nitrogen and oxygen atoms in total. The van der Waals surface area contributed by atoms with Crippen LogP contribution in [0.4, 0.5) is 0 Å². The van der Waals surface area contributed by atoms with Crippen LogP contribution in [-0.2, 0) is 90.6 Å². The van der Waals surface area contributed by atoms with Gasteiger partial charge in [-0.1, -0.05) is 102 Å². The third-order valence-corrected chi connectivity index (χ3v) is 24.0. The van der Waals surface area contributed by atoms with E-state index in [9.17, 15) is 63.3 Å². The first-order valence-corrected chi connectivity index (χ1v) is 39.0. The smallest absolute Gasteiger partial charge is 0.340 e. The van der Waals surface area contributed by atoms with Gasteiger partial charge in [0, 0.05) is 114 Å². The Balaban J connectivity index is 0.905. The first-order chi connectivity index (χ1) is 51.7. The molecule has 0 aromatic heterocycles. The number of nitrogens with zero attached hydrogens (tertiary/aromatic N) is 2. The van der Waals surface area contributed by atoms with Crippen molar-refractivity contribution in [3.8, 4) is 0 Å². The lowest BCUT2D eigenvalue weighted by Crippen LogP contribution is -2.60. The number of aliphatic hydroxyl groups excluding tert-OH is 2. The van der Waals surface area contributed by atoms with Gasteiger partial charge in [0.25, 0.3) is 11.7 Å². The summed E-state index contributed by atoms with van der Waals surface area (Å²) in [5.74, 6) is -13.2. The van der Waals surface area contributed by atoms with Crippen LogP contribution in [0.25, 0.3) is 0 Å². The minimum absolute atomic E-state index is 0.0211. The lowest BCUT2D eigenvalue weighted by atomic mass is 9.53. The molecular formula is C85H118N2O22. The number of amides is 1. The number of cyclic esters (lactones) is 2. The van der Waals surface area contributed by atoms with Gasteiger partial charge in [0.05, 0.1) is 29.8 Å². The van der Waals surface area contributed by atoms with E-state index in [1.54, 1.807) is 77.0 Å². The summed E-state index contributed by atoms with van der Waals surface area (Å²) >= 11 is 0. The van der Waals surface area contributed by atoms with Crippen LogP contribution in [-0.4, -0.2) is 198 Å². The molecule has 109 heavy (non-hydrogen) atoms. The molecule has 4 heterocycles. The summed E-state index contributed by atoms with van der Waals surface area (Å²) in [6, 6.07) is -1.31. The van der Waals surface area contributed by atoms with Crippen molar-refractivity contribution < 1.29 is 106 Å². The number of fused-ring (bicyclic) bond motifs is 7. The molecule has 0 radical (unpaired) electrons. The first-order valence-electron chi connectivity index (χ1n) is 39.0. The number of hydrogen-bond donors (Lipinski definition) is 3. The van der Waals surface area contributed by atoms with E-state index >= 15 is 0 Å². The van der Waals surface area contributed by atoms with E-state index in [2.05, 4.69) is 13.2 Å². The van der Waals surface area contributed by atoms with Crippen LogP contribution in [0.15, 0.2) is 119 Å². The molecule has 0 aromatic carbocycles. The third kappa shape index (κ3) is 20.1. The zero-order valence-electron chi connectivity index (χ0n) is 66.1. The van der Waals surface area contributed by atoms with Crippen LogP contribution in [0.5, 0.6) is 0 Å². The van der Waals surface area contributed by atoms with Crippen molar-refractivity contribution in [2.75, 3.05) is 47.6 Å². The predicted octanol–water partition coefficient (Wildman–Crippen LogP) is 10.9. The number of rotatable bonds is 20. The van der Waals surface area contributed by atoms with Gasteiger partial charge < -0.3 is 67.8 Å². The van der Waals surface area contributed by atoms with Crippen molar-refractivity contribution in [1.29, 1.82) is 0 Å². The number of aliphatic hydroxyl groups is 3. The standard InChI is InChI=1S/C85H118N2O22/c1-16-38-86(39-17-2)47-60-72-77(95)76(94)71-61-36-37-67(83(61,11)46-66(104-56(10)88)73(71)84(72,12)68(48-101-13)108-81(60)98)107-70(91)29-22-21-28-69(90)105-58-34-31-57(32-35-58)43-52(6)65-45-63(89)51(5)42-54(8)75(93)78(103-15)74(92)53(7)41-49(3)25-19-18-20-26-50(4)64(102-14)44-59-33-30-55(9)85(100,109-59)79(96)80(97)87-40-24-23-27-62(87)82(99)106-65/h16-20,23-26,42,47,49,51-53,55,57-59,61-62,64-68,75,78,93,95,100H,1-2,21-22,27-41,43-46,48H2,3-15H3/b20-18+,25-19+,50-26+,54-42+,60-47+/t49-,51-,52-,53-,55-,57-,58-,59+,61?,62+,64+,65+,66-,67+,68-,75-,78+,83+,84+,85-/m1/s1. The normalized spacial score (nSPS) is 36.3. The van der Waals surface area contributed by atoms with Crippen LogP contribution in [0.1, 0.15) is 185 Å². The Labute approximate surface area is 642 Å². The second-order valence-corrected chi connectivity index (χ2v) is 32.0. The minimum atomic E-state index is -2.52. The van der Waals surface area contributed by atoms with Crippen molar-refractivity contribution in [2.45, 2.75) is 252 Å². The van der Waals surface area contributed by atoms with Crippen molar-refractivity contribution in [1.82, 2.24) is 9.80 Å². The van der Waals surface area contributed by atoms with Gasteiger partial charge in [-0.2, -0.15) is 0 Å². The number of ketones is 4. The second kappa shape index (κ2) is 38.5. The minimum Gasteiger partial charge on any atom is -0.504 e. The van der Waals surface area contributed by atoms with E-state index in [4.69, 9.17) is 42.6 Å². The molecule has 24 heteroatoms. The number of allylic oxidation sites excluding steroid dienone is 7. The second-order valence-electron chi connectivity index (χ2n) is 32.0. The average molecular weight is 1520 g/mol. The van der Waals surface area contributed by atoms with E-state index in [1.807, 2.05) is 58.1 Å². The largest absolute Gasteiger partial charge is 0.504 e. The molecule has 1 amide bonds. The summed E-state index contributed by atoms with van der Waals surface area (Å²) in [5, 5.41) is 35.9. The number of esters is 5. The van der Waals surface area contributed by atoms with Crippen LogP contribution < -0.4 is 0 Å². The molecule has 8 rings (SSSR count). The van der Waals surface area contributed by atoms with Gasteiger partial charge in [-0.05, 0) is 151 Å². The van der Waals surface area contributed by atoms with Crippen LogP contribution in [0.3, 0.4) is 0 Å². The van der Waals surface area contributed by atoms with Gasteiger partial charge in [0.15, 0.2) is 11.5 Å². The fourth-order valence-electron chi connectivity index (χ4n) is 17.8. The van der Waals surface area contributed by atoms with Crippen LogP contribution >= 0.6 is 0 Å². The summed E-state index contributed by atoms with van der Waals surface area (Å²) in [4.78, 5) is 144. The van der Waals surface area contributed by atoms with E-state index < -0.39 is 160 Å². The summed E-state index contributed by atoms with van der Waals surface area (Å²) in [7, 11) is 4.35. The maximum absolute atomic E-state index is 14.9. The molecule has 2 saturated heterocycles. The van der Waals surface area contributed by atoms with E-state index in [1.165, 1.54) is 27.3 Å². The van der Waals surface area contributed by atoms with Gasteiger partial charge in [-0.25, -0.2) is 9.59 Å². The SMILES string of the molecule is C=CCN(/C=C1/C(=O)O[C@H](COC)[C@@]2(C)C1=C(O)C(=O)C1=C2[C@H](OC(C)=O)C[C@@]2(C)C1CC[C@@H]2OC(=O)CCCCC(=O)O[C@H]1CC[C@H](C[C@@H](C)[C@@H]2CC(=O)[C@H](C)/C=C(\C)[C@@H](O)[C@@H](OC)C(=O)[C@H](C)C[C@H](C)/C=C/C=C/C=C(\C)[C@@H](OC)C[C@@H]3CC[C@@H](C)[C@@](O)(O3)C(=O)C(=O)N3CC=CC[C@H]3C(=O)O2)CC1)CC=C. The summed E-state index contributed by atoms with van der Waals surface area (Å²) in [5.41, 5.74) is -0.598. The van der Waals surface area contributed by atoms with Gasteiger partial charge in [0.2, 0.25) is 11.6 Å². The van der Waals surface area contributed by atoms with Crippen molar-refractivity contribution in [2.24, 2.45) is 52.3 Å². The highest BCUT2D eigenvalue weighted by Crippen LogP contribution is 2.64. The Morgan fingerprint density at radius 1 is 0.807 bits per heavy atom. The molecule has 4 aliphatic carbocycles. The summed E-state index contributed by atoms with van der Waals surface area (Å²) in [6.45, 7) is 25.3. The highest BCUT2D eigenvalue weighted by molar-refractivity contribution is 6.39. The van der Waals surface area contributed by atoms with Gasteiger partial charge in [0.1, 0.15) is 54.6 Å². The van der Waals surface area contributed by atoms with Crippen molar-refractivity contribution >= 4 is 58.9 Å². The number of carbonyl (C=O) groups is 10. The molecule has 3 N–H and O–H groups in total. The quantitative estimate of drug-likeness (QED) is 0.0255. The Bertz CT molecular complexity index is 3650. The zero-order valence-corrected chi connectivity index (χ0v) is 66.1. The molecule has 8 aliphatic rings. The van der Waals surface area contributed by atoms with E-state index in [-0.39, 0.29) is 91.8 Å². The lowest BCUT2D eigenvalue weighted by molar-refractivity contribution is -0.265. The molecule has 600 valence electrons. The molecule has 0 spiro atoms. The fraction of sp³-hybridized carbons (Fsp3) is 0.647. The molecule has 4 fully saturated rings. The molecule has 18 atom stereocenters. The maximum Gasteiger partial charge on any atom is 0.340 e. The topological polar surface area (TPSA) is 321 Å². The third-order valence-electron chi connectivity index (χ3n) is 24.0. The monoisotopic (exact) mass is 1520 g/mol. The molecular weight excluding hydrogens is 1400 g/mol. The zero-order chi connectivity index (χ0) is 80.0. The van der Waals surface area contributed by atoms with Gasteiger partial charge >= 0.3 is 29.8 Å². The maximum atomic E-state index is 14.9. The number of methoxy groups -OCH3 is 3. The van der Waals surface area contributed by atoms with Crippen LogP contribution in [0, 0.1) is 52.3 Å². The fourth-order valence-corrected chi connectivity index (χ4v) is 17.8. The molecule has 2 saturated carbocycles.